The van der Waals surface area contributed by atoms with Gasteiger partial charge >= 0.3 is 6.18 Å². The molecule has 1 heterocycles. The van der Waals surface area contributed by atoms with Gasteiger partial charge in [0.25, 0.3) is 0 Å². The van der Waals surface area contributed by atoms with E-state index in [4.69, 9.17) is 4.74 Å². The average Bonchev–Trinajstić information content (AvgIpc) is 2.87. The Kier molecular flexibility index (Phi) is 4.59. The molecule has 5 nitrogen and oxygen atoms in total. The fourth-order valence-corrected chi connectivity index (χ4v) is 1.92. The van der Waals surface area contributed by atoms with Crippen molar-refractivity contribution in [2.75, 3.05) is 13.7 Å². The number of benzene rings is 1. The quantitative estimate of drug-likeness (QED) is 0.919. The van der Waals surface area contributed by atoms with E-state index in [1.807, 2.05) is 0 Å². The van der Waals surface area contributed by atoms with Gasteiger partial charge in [-0.25, -0.2) is 0 Å². The lowest BCUT2D eigenvalue weighted by Crippen LogP contribution is -2.10. The van der Waals surface area contributed by atoms with Crippen LogP contribution in [0.5, 0.6) is 0 Å². The first-order valence-electron chi connectivity index (χ1n) is 6.17. The van der Waals surface area contributed by atoms with E-state index in [0.29, 0.717) is 13.2 Å². The lowest BCUT2D eigenvalue weighted by molar-refractivity contribution is -0.137. The van der Waals surface area contributed by atoms with Crippen LogP contribution in [0.25, 0.3) is 11.4 Å². The smallest absolute Gasteiger partial charge is 0.388 e. The van der Waals surface area contributed by atoms with E-state index in [1.165, 1.54) is 19.2 Å². The van der Waals surface area contributed by atoms with Crippen molar-refractivity contribution in [1.29, 1.82) is 0 Å². The molecule has 1 aromatic carbocycles. The number of methoxy groups -OCH3 is 1. The van der Waals surface area contributed by atoms with Crippen molar-refractivity contribution in [3.8, 4) is 11.4 Å². The van der Waals surface area contributed by atoms with E-state index >= 15 is 0 Å². The second-order valence-corrected chi connectivity index (χ2v) is 4.32. The van der Waals surface area contributed by atoms with Gasteiger partial charge in [-0.05, 0) is 12.1 Å². The summed E-state index contributed by atoms with van der Waals surface area (Å²) in [6.07, 6.45) is -4.42. The zero-order valence-corrected chi connectivity index (χ0v) is 11.3. The SMILES string of the molecule is COCCn1c(CO)nnc1-c1cccc(C(F)(F)F)c1. The number of rotatable bonds is 5. The fourth-order valence-electron chi connectivity index (χ4n) is 1.92. The highest BCUT2D eigenvalue weighted by Gasteiger charge is 2.30. The fraction of sp³-hybridized carbons (Fsp3) is 0.385. The summed E-state index contributed by atoms with van der Waals surface area (Å²) < 4.78 is 44.8. The minimum absolute atomic E-state index is 0.266. The summed E-state index contributed by atoms with van der Waals surface area (Å²) in [6.45, 7) is 0.317. The van der Waals surface area contributed by atoms with Gasteiger partial charge in [0.2, 0.25) is 0 Å². The zero-order valence-electron chi connectivity index (χ0n) is 11.3. The maximum absolute atomic E-state index is 12.8. The molecule has 8 heteroatoms. The van der Waals surface area contributed by atoms with Crippen LogP contribution >= 0.6 is 0 Å². The van der Waals surface area contributed by atoms with E-state index in [-0.39, 0.29) is 23.8 Å². The molecule has 0 unspecified atom stereocenters. The minimum atomic E-state index is -4.42. The minimum Gasteiger partial charge on any atom is -0.388 e. The Morgan fingerprint density at radius 3 is 2.67 bits per heavy atom. The van der Waals surface area contributed by atoms with Crippen molar-refractivity contribution in [1.82, 2.24) is 14.8 Å². The predicted molar refractivity (Wildman–Crippen MR) is 68.3 cm³/mol. The molecule has 2 rings (SSSR count). The first-order valence-corrected chi connectivity index (χ1v) is 6.17. The molecular weight excluding hydrogens is 287 g/mol. The van der Waals surface area contributed by atoms with Crippen LogP contribution < -0.4 is 0 Å². The summed E-state index contributed by atoms with van der Waals surface area (Å²) in [7, 11) is 1.51. The third-order valence-electron chi connectivity index (χ3n) is 2.94. The molecule has 0 amide bonds. The lowest BCUT2D eigenvalue weighted by atomic mass is 10.1. The molecule has 0 spiro atoms. The van der Waals surface area contributed by atoms with Gasteiger partial charge in [-0.1, -0.05) is 12.1 Å². The van der Waals surface area contributed by atoms with Gasteiger partial charge in [-0.2, -0.15) is 13.2 Å². The third kappa shape index (κ3) is 3.40. The van der Waals surface area contributed by atoms with Crippen molar-refractivity contribution in [3.63, 3.8) is 0 Å². The van der Waals surface area contributed by atoms with Crippen LogP contribution in [0, 0.1) is 0 Å². The first-order chi connectivity index (χ1) is 9.97. The van der Waals surface area contributed by atoms with E-state index in [9.17, 15) is 18.3 Å². The monoisotopic (exact) mass is 301 g/mol. The van der Waals surface area contributed by atoms with Crippen molar-refractivity contribution < 1.29 is 23.0 Å². The molecule has 2 aromatic rings. The number of hydrogen-bond donors (Lipinski definition) is 1. The summed E-state index contributed by atoms with van der Waals surface area (Å²) in [5.41, 5.74) is -0.472. The van der Waals surface area contributed by atoms with Crippen LogP contribution in [0.15, 0.2) is 24.3 Å². The average molecular weight is 301 g/mol. The van der Waals surface area contributed by atoms with Gasteiger partial charge in [0.1, 0.15) is 6.61 Å². The van der Waals surface area contributed by atoms with Gasteiger partial charge in [-0.15, -0.1) is 10.2 Å². The predicted octanol–water partition coefficient (Wildman–Crippen LogP) is 2.10. The Balaban J connectivity index is 2.44. The zero-order chi connectivity index (χ0) is 15.5. The number of halogens is 3. The normalized spacial score (nSPS) is 11.9. The molecule has 0 aliphatic heterocycles. The number of aliphatic hydroxyl groups excluding tert-OH is 1. The standard InChI is InChI=1S/C13H14F3N3O2/c1-21-6-5-19-11(8-20)17-18-12(19)9-3-2-4-10(7-9)13(14,15)16/h2-4,7,20H,5-6,8H2,1H3. The molecule has 114 valence electrons. The summed E-state index contributed by atoms with van der Waals surface area (Å²) in [4.78, 5) is 0. The van der Waals surface area contributed by atoms with Crippen molar-refractivity contribution in [2.45, 2.75) is 19.3 Å². The van der Waals surface area contributed by atoms with Crippen molar-refractivity contribution in [2.24, 2.45) is 0 Å². The van der Waals surface area contributed by atoms with Crippen LogP contribution in [-0.2, 0) is 24.1 Å². The van der Waals surface area contributed by atoms with Crippen LogP contribution in [0.2, 0.25) is 0 Å². The number of aliphatic hydroxyl groups is 1. The number of alkyl halides is 3. The van der Waals surface area contributed by atoms with Crippen molar-refractivity contribution in [3.05, 3.63) is 35.7 Å². The van der Waals surface area contributed by atoms with E-state index in [1.54, 1.807) is 4.57 Å². The Morgan fingerprint density at radius 1 is 1.29 bits per heavy atom. The summed E-state index contributed by atoms with van der Waals surface area (Å²) >= 11 is 0. The van der Waals surface area contributed by atoms with E-state index in [2.05, 4.69) is 10.2 Å². The Bertz CT molecular complexity index is 611. The highest BCUT2D eigenvalue weighted by Crippen LogP contribution is 2.31. The summed E-state index contributed by atoms with van der Waals surface area (Å²) in [6, 6.07) is 4.83. The van der Waals surface area contributed by atoms with Crippen LogP contribution in [0.3, 0.4) is 0 Å². The van der Waals surface area contributed by atoms with Gasteiger partial charge in [0, 0.05) is 19.2 Å². The van der Waals surface area contributed by atoms with Crippen molar-refractivity contribution >= 4 is 0 Å². The van der Waals surface area contributed by atoms with Crippen LogP contribution in [0.1, 0.15) is 11.4 Å². The molecule has 0 aliphatic rings. The van der Waals surface area contributed by atoms with E-state index < -0.39 is 11.7 Å². The third-order valence-corrected chi connectivity index (χ3v) is 2.94. The lowest BCUT2D eigenvalue weighted by Gasteiger charge is -2.11. The summed E-state index contributed by atoms with van der Waals surface area (Å²) in [5.74, 6) is 0.543. The maximum Gasteiger partial charge on any atom is 0.416 e. The second kappa shape index (κ2) is 6.23. The molecular formula is C13H14F3N3O2. The molecule has 0 saturated heterocycles. The Labute approximate surface area is 119 Å². The van der Waals surface area contributed by atoms with Gasteiger partial charge < -0.3 is 14.4 Å². The Hall–Kier alpha value is -1.93. The molecule has 1 aromatic heterocycles. The number of ether oxygens (including phenoxy) is 1. The molecule has 0 bridgehead atoms. The molecule has 0 fully saturated rings. The van der Waals surface area contributed by atoms with E-state index in [0.717, 1.165) is 12.1 Å². The molecule has 0 saturated carbocycles. The number of aromatic nitrogens is 3. The second-order valence-electron chi connectivity index (χ2n) is 4.32. The van der Waals surface area contributed by atoms with Gasteiger partial charge in [0.15, 0.2) is 11.6 Å². The number of nitrogens with zero attached hydrogens (tertiary/aromatic N) is 3. The van der Waals surface area contributed by atoms with Crippen LogP contribution in [-0.4, -0.2) is 33.6 Å². The summed E-state index contributed by atoms with van der Waals surface area (Å²) in [5, 5.41) is 16.9. The first kappa shape index (κ1) is 15.5. The highest BCUT2D eigenvalue weighted by molar-refractivity contribution is 5.57. The largest absolute Gasteiger partial charge is 0.416 e. The van der Waals surface area contributed by atoms with Crippen LogP contribution in [0.4, 0.5) is 13.2 Å². The molecule has 0 radical (unpaired) electrons. The molecule has 0 aliphatic carbocycles. The molecule has 1 N–H and O–H groups in total. The molecule has 21 heavy (non-hydrogen) atoms. The highest BCUT2D eigenvalue weighted by atomic mass is 19.4. The Morgan fingerprint density at radius 2 is 2.05 bits per heavy atom. The van der Waals surface area contributed by atoms with Gasteiger partial charge in [0.05, 0.1) is 12.2 Å². The molecule has 0 atom stereocenters. The topological polar surface area (TPSA) is 60.2 Å². The number of hydrogen-bond acceptors (Lipinski definition) is 4. The van der Waals surface area contributed by atoms with Gasteiger partial charge in [-0.3, -0.25) is 0 Å². The maximum atomic E-state index is 12.8.